The molecule has 0 bridgehead atoms. The summed E-state index contributed by atoms with van der Waals surface area (Å²) in [6.45, 7) is 2.04. The van der Waals surface area contributed by atoms with E-state index in [-0.39, 0.29) is 12.3 Å². The molecular weight excluding hydrogens is 412 g/mol. The van der Waals surface area contributed by atoms with Gasteiger partial charge in [-0.2, -0.15) is 5.10 Å². The van der Waals surface area contributed by atoms with Crippen molar-refractivity contribution in [3.63, 3.8) is 0 Å². The molecule has 1 amide bonds. The number of pyridine rings is 1. The lowest BCUT2D eigenvalue weighted by Crippen LogP contribution is -2.14. The molecule has 0 saturated carbocycles. The van der Waals surface area contributed by atoms with E-state index in [1.54, 1.807) is 0 Å². The number of hydrogen-bond donors (Lipinski definition) is 3. The van der Waals surface area contributed by atoms with Crippen LogP contribution in [-0.2, 0) is 11.2 Å². The molecule has 0 unspecified atom stereocenters. The molecule has 33 heavy (non-hydrogen) atoms. The summed E-state index contributed by atoms with van der Waals surface area (Å²) in [6.07, 6.45) is 3.61. The zero-order chi connectivity index (χ0) is 22.6. The highest BCUT2D eigenvalue weighted by Crippen LogP contribution is 2.28. The second-order valence-corrected chi connectivity index (χ2v) is 7.80. The Labute approximate surface area is 190 Å². The summed E-state index contributed by atoms with van der Waals surface area (Å²) in [7, 11) is 0. The normalized spacial score (nSPS) is 10.8. The molecule has 0 spiro atoms. The number of hydrogen-bond acceptors (Lipinski definition) is 5. The average molecular weight is 435 g/mol. The van der Waals surface area contributed by atoms with Crippen molar-refractivity contribution >= 4 is 33.9 Å². The van der Waals surface area contributed by atoms with Crippen LogP contribution in [0.1, 0.15) is 11.1 Å². The zero-order valence-corrected chi connectivity index (χ0v) is 18.0. The highest BCUT2D eigenvalue weighted by molar-refractivity contribution is 5.95. The Morgan fingerprint density at radius 2 is 1.79 bits per heavy atom. The number of aromatic amines is 1. The number of fused-ring (bicyclic) bond motifs is 1. The summed E-state index contributed by atoms with van der Waals surface area (Å²) in [5.41, 5.74) is 6.53. The number of para-hydroxylation sites is 1. The van der Waals surface area contributed by atoms with E-state index in [1.807, 2.05) is 79.9 Å². The minimum Gasteiger partial charge on any atom is -0.355 e. The van der Waals surface area contributed by atoms with Crippen molar-refractivity contribution in [1.82, 2.24) is 20.2 Å². The number of rotatable bonds is 6. The van der Waals surface area contributed by atoms with Gasteiger partial charge in [-0.3, -0.25) is 14.9 Å². The molecule has 3 aromatic carbocycles. The first-order valence-electron chi connectivity index (χ1n) is 10.6. The van der Waals surface area contributed by atoms with Crippen LogP contribution in [0.5, 0.6) is 0 Å². The highest BCUT2D eigenvalue weighted by Gasteiger charge is 2.09. The molecule has 5 aromatic rings. The van der Waals surface area contributed by atoms with Crippen molar-refractivity contribution in [3.05, 3.63) is 96.4 Å². The molecule has 162 valence electrons. The van der Waals surface area contributed by atoms with Gasteiger partial charge in [0.2, 0.25) is 5.91 Å². The number of amides is 1. The Morgan fingerprint density at radius 3 is 2.61 bits per heavy atom. The van der Waals surface area contributed by atoms with E-state index in [2.05, 4.69) is 36.9 Å². The number of nitrogens with one attached hydrogen (secondary N) is 3. The number of aromatic nitrogens is 4. The number of carbonyl (C=O) groups excluding carboxylic acids is 1. The minimum atomic E-state index is -0.0820. The van der Waals surface area contributed by atoms with Gasteiger partial charge in [-0.05, 0) is 48.4 Å². The molecular formula is C26H22N6O. The summed E-state index contributed by atoms with van der Waals surface area (Å²) >= 11 is 0. The molecule has 2 heterocycles. The van der Waals surface area contributed by atoms with Gasteiger partial charge in [0, 0.05) is 28.5 Å². The van der Waals surface area contributed by atoms with E-state index in [4.69, 9.17) is 0 Å². The lowest BCUT2D eigenvalue weighted by molar-refractivity contribution is -0.115. The van der Waals surface area contributed by atoms with Crippen LogP contribution < -0.4 is 10.6 Å². The van der Waals surface area contributed by atoms with Crippen LogP contribution in [0, 0.1) is 6.92 Å². The predicted octanol–water partition coefficient (Wildman–Crippen LogP) is 5.25. The first kappa shape index (κ1) is 20.4. The first-order chi connectivity index (χ1) is 16.2. The molecule has 0 atom stereocenters. The summed E-state index contributed by atoms with van der Waals surface area (Å²) in [4.78, 5) is 21.2. The van der Waals surface area contributed by atoms with Crippen molar-refractivity contribution in [2.75, 3.05) is 10.6 Å². The van der Waals surface area contributed by atoms with Crippen LogP contribution >= 0.6 is 0 Å². The predicted molar refractivity (Wildman–Crippen MR) is 130 cm³/mol. The van der Waals surface area contributed by atoms with Crippen molar-refractivity contribution in [3.8, 4) is 11.4 Å². The Balaban J connectivity index is 1.26. The quantitative estimate of drug-likeness (QED) is 0.339. The van der Waals surface area contributed by atoms with Gasteiger partial charge in [0.25, 0.3) is 0 Å². The van der Waals surface area contributed by atoms with Gasteiger partial charge >= 0.3 is 0 Å². The van der Waals surface area contributed by atoms with E-state index in [0.29, 0.717) is 11.5 Å². The monoisotopic (exact) mass is 434 g/mol. The summed E-state index contributed by atoms with van der Waals surface area (Å²) in [6, 6.07) is 23.5. The molecule has 2 aromatic heterocycles. The fraction of sp³-hybridized carbons (Fsp3) is 0.0769. The van der Waals surface area contributed by atoms with Crippen molar-refractivity contribution in [1.29, 1.82) is 0 Å². The molecule has 0 aliphatic rings. The molecule has 7 heteroatoms. The van der Waals surface area contributed by atoms with Crippen molar-refractivity contribution in [2.45, 2.75) is 13.3 Å². The maximum Gasteiger partial charge on any atom is 0.228 e. The first-order valence-corrected chi connectivity index (χ1v) is 10.6. The highest BCUT2D eigenvalue weighted by atomic mass is 16.1. The third-order valence-electron chi connectivity index (χ3n) is 5.39. The van der Waals surface area contributed by atoms with E-state index >= 15 is 0 Å². The fourth-order valence-electron chi connectivity index (χ4n) is 3.74. The number of H-pyrrole nitrogens is 1. The van der Waals surface area contributed by atoms with Crippen molar-refractivity contribution < 1.29 is 4.79 Å². The zero-order valence-electron chi connectivity index (χ0n) is 18.0. The van der Waals surface area contributed by atoms with Gasteiger partial charge in [0.1, 0.15) is 6.33 Å². The maximum atomic E-state index is 12.6. The van der Waals surface area contributed by atoms with Crippen LogP contribution in [0.4, 0.5) is 17.1 Å². The number of aryl methyl sites for hydroxylation is 1. The van der Waals surface area contributed by atoms with Gasteiger partial charge in [-0.15, -0.1) is 0 Å². The van der Waals surface area contributed by atoms with Crippen LogP contribution in [0.2, 0.25) is 0 Å². The Hall–Kier alpha value is -4.52. The van der Waals surface area contributed by atoms with E-state index < -0.39 is 0 Å². The Bertz CT molecular complexity index is 1410. The van der Waals surface area contributed by atoms with E-state index in [0.717, 1.165) is 39.0 Å². The lowest BCUT2D eigenvalue weighted by Gasteiger charge is -2.13. The van der Waals surface area contributed by atoms with Gasteiger partial charge in [-0.25, -0.2) is 4.98 Å². The smallest absolute Gasteiger partial charge is 0.228 e. The largest absolute Gasteiger partial charge is 0.355 e. The second kappa shape index (κ2) is 8.92. The van der Waals surface area contributed by atoms with E-state index in [9.17, 15) is 4.79 Å². The van der Waals surface area contributed by atoms with Gasteiger partial charge in [0.05, 0.1) is 17.6 Å². The third-order valence-corrected chi connectivity index (χ3v) is 5.39. The SMILES string of the molecule is Cc1cnc2ccccc2c1Nc1ccc(CC(=O)Nc2cccc(-c3ncn[nH]3)c2)cc1. The van der Waals surface area contributed by atoms with Crippen LogP contribution in [-0.4, -0.2) is 26.1 Å². The molecule has 0 aliphatic heterocycles. The molecule has 5 rings (SSSR count). The third kappa shape index (κ3) is 4.57. The number of benzene rings is 3. The molecule has 0 saturated heterocycles. The van der Waals surface area contributed by atoms with Crippen LogP contribution in [0.25, 0.3) is 22.3 Å². The fourth-order valence-corrected chi connectivity index (χ4v) is 3.74. The van der Waals surface area contributed by atoms with Crippen molar-refractivity contribution in [2.24, 2.45) is 0 Å². The van der Waals surface area contributed by atoms with Crippen LogP contribution in [0.3, 0.4) is 0 Å². The molecule has 7 nitrogen and oxygen atoms in total. The maximum absolute atomic E-state index is 12.6. The number of carbonyl (C=O) groups is 1. The summed E-state index contributed by atoms with van der Waals surface area (Å²) in [5.74, 6) is 0.577. The summed E-state index contributed by atoms with van der Waals surface area (Å²) < 4.78 is 0. The lowest BCUT2D eigenvalue weighted by atomic mass is 10.1. The topological polar surface area (TPSA) is 95.6 Å². The molecule has 0 fully saturated rings. The minimum absolute atomic E-state index is 0.0820. The average Bonchev–Trinajstić information content (AvgIpc) is 3.37. The number of nitrogens with zero attached hydrogens (tertiary/aromatic N) is 3. The molecule has 0 aliphatic carbocycles. The van der Waals surface area contributed by atoms with Gasteiger partial charge in [0.15, 0.2) is 5.82 Å². The summed E-state index contributed by atoms with van der Waals surface area (Å²) in [5, 5.41) is 14.2. The Morgan fingerprint density at radius 1 is 0.939 bits per heavy atom. The van der Waals surface area contributed by atoms with Crippen LogP contribution in [0.15, 0.2) is 85.3 Å². The standard InChI is InChI=1S/C26H22N6O/c1-17-15-27-23-8-3-2-7-22(23)25(17)31-20-11-9-18(10-12-20)13-24(33)30-21-6-4-5-19(14-21)26-28-16-29-32-26/h2-12,14-16H,13H2,1H3,(H,27,31)(H,30,33)(H,28,29,32). The second-order valence-electron chi connectivity index (χ2n) is 7.80. The van der Waals surface area contributed by atoms with Gasteiger partial charge < -0.3 is 10.6 Å². The molecule has 3 N–H and O–H groups in total. The van der Waals surface area contributed by atoms with E-state index in [1.165, 1.54) is 6.33 Å². The molecule has 0 radical (unpaired) electrons. The Kier molecular flexibility index (Phi) is 5.51. The van der Waals surface area contributed by atoms with Gasteiger partial charge in [-0.1, -0.05) is 42.5 Å². The number of anilines is 3.